The van der Waals surface area contributed by atoms with Crippen LogP contribution in [0.3, 0.4) is 0 Å². The Hall–Kier alpha value is -2.41. The number of hydrogen-bond donors (Lipinski definition) is 1. The molecule has 1 amide bonds. The molecule has 26 heavy (non-hydrogen) atoms. The number of hydrogen-bond acceptors (Lipinski definition) is 4. The molecule has 1 aromatic carbocycles. The van der Waals surface area contributed by atoms with Crippen LogP contribution in [0, 0.1) is 11.7 Å². The summed E-state index contributed by atoms with van der Waals surface area (Å²) in [5.41, 5.74) is 1.02. The normalized spacial score (nSPS) is 15.0. The quantitative estimate of drug-likeness (QED) is 0.823. The van der Waals surface area contributed by atoms with E-state index in [2.05, 4.69) is 10.2 Å². The number of benzene rings is 1. The van der Waals surface area contributed by atoms with E-state index in [4.69, 9.17) is 9.47 Å². The molecule has 1 aliphatic rings. The van der Waals surface area contributed by atoms with E-state index in [1.165, 1.54) is 12.1 Å². The number of aromatic amines is 1. The Morgan fingerprint density at radius 1 is 1.38 bits per heavy atom. The first-order valence-electron chi connectivity index (χ1n) is 8.87. The van der Waals surface area contributed by atoms with Gasteiger partial charge in [0.05, 0.1) is 5.69 Å². The highest BCUT2D eigenvalue weighted by molar-refractivity contribution is 5.92. The number of H-pyrrole nitrogens is 1. The Bertz CT molecular complexity index is 728. The first kappa shape index (κ1) is 18.4. The van der Waals surface area contributed by atoms with E-state index in [1.54, 1.807) is 30.1 Å². The van der Waals surface area contributed by atoms with Crippen LogP contribution in [-0.2, 0) is 11.3 Å². The summed E-state index contributed by atoms with van der Waals surface area (Å²) >= 11 is 0. The zero-order chi connectivity index (χ0) is 18.4. The summed E-state index contributed by atoms with van der Waals surface area (Å²) in [6.07, 6.45) is 3.10. The fourth-order valence-electron chi connectivity index (χ4n) is 2.97. The molecule has 0 aliphatic carbocycles. The van der Waals surface area contributed by atoms with Gasteiger partial charge < -0.3 is 14.4 Å². The van der Waals surface area contributed by atoms with Crippen LogP contribution >= 0.6 is 0 Å². The van der Waals surface area contributed by atoms with Gasteiger partial charge in [-0.1, -0.05) is 6.07 Å². The number of rotatable bonds is 7. The summed E-state index contributed by atoms with van der Waals surface area (Å²) in [5.74, 6) is 0.578. The molecule has 0 atom stereocenters. The summed E-state index contributed by atoms with van der Waals surface area (Å²) in [6, 6.07) is 7.60. The molecule has 0 spiro atoms. The van der Waals surface area contributed by atoms with Crippen molar-refractivity contribution in [3.63, 3.8) is 0 Å². The molecule has 1 aromatic heterocycles. The van der Waals surface area contributed by atoms with Gasteiger partial charge >= 0.3 is 0 Å². The van der Waals surface area contributed by atoms with Gasteiger partial charge in [0.25, 0.3) is 5.91 Å². The van der Waals surface area contributed by atoms with Crippen molar-refractivity contribution in [2.24, 2.45) is 5.92 Å². The molecule has 7 heteroatoms. The molecule has 0 radical (unpaired) electrons. The largest absolute Gasteiger partial charge is 0.487 e. The first-order valence-corrected chi connectivity index (χ1v) is 8.87. The van der Waals surface area contributed by atoms with Gasteiger partial charge in [-0.2, -0.15) is 5.10 Å². The Morgan fingerprint density at radius 3 is 2.96 bits per heavy atom. The average molecular weight is 361 g/mol. The smallest absolute Gasteiger partial charge is 0.274 e. The lowest BCUT2D eigenvalue weighted by molar-refractivity contribution is 0.0582. The lowest BCUT2D eigenvalue weighted by atomic mass is 9.96. The van der Waals surface area contributed by atoms with E-state index in [0.29, 0.717) is 29.6 Å². The Kier molecular flexibility index (Phi) is 6.22. The molecule has 1 saturated heterocycles. The molecule has 1 aliphatic heterocycles. The van der Waals surface area contributed by atoms with Crippen molar-refractivity contribution in [1.29, 1.82) is 0 Å². The van der Waals surface area contributed by atoms with Crippen LogP contribution < -0.4 is 4.74 Å². The third-order valence-electron chi connectivity index (χ3n) is 4.60. The van der Waals surface area contributed by atoms with E-state index in [9.17, 15) is 9.18 Å². The minimum Gasteiger partial charge on any atom is -0.487 e. The third-order valence-corrected chi connectivity index (χ3v) is 4.60. The first-order chi connectivity index (χ1) is 12.6. The van der Waals surface area contributed by atoms with Crippen LogP contribution in [0.25, 0.3) is 0 Å². The summed E-state index contributed by atoms with van der Waals surface area (Å²) in [6.45, 7) is 2.52. The zero-order valence-electron chi connectivity index (χ0n) is 14.9. The summed E-state index contributed by atoms with van der Waals surface area (Å²) in [4.78, 5) is 14.2. The number of amides is 1. The topological polar surface area (TPSA) is 67.4 Å². The van der Waals surface area contributed by atoms with Crippen molar-refractivity contribution in [3.05, 3.63) is 47.5 Å². The van der Waals surface area contributed by atoms with E-state index in [-0.39, 0.29) is 18.3 Å². The number of carbonyl (C=O) groups is 1. The van der Waals surface area contributed by atoms with Crippen molar-refractivity contribution in [2.45, 2.75) is 25.9 Å². The molecule has 1 fully saturated rings. The maximum absolute atomic E-state index is 13.1. The lowest BCUT2D eigenvalue weighted by Gasteiger charge is -2.24. The van der Waals surface area contributed by atoms with Crippen molar-refractivity contribution in [3.8, 4) is 5.75 Å². The molecule has 2 aromatic rings. The molecule has 1 N–H and O–H groups in total. The van der Waals surface area contributed by atoms with Gasteiger partial charge in [0.1, 0.15) is 18.2 Å². The maximum Gasteiger partial charge on any atom is 0.274 e. The second-order valence-corrected chi connectivity index (χ2v) is 6.60. The van der Waals surface area contributed by atoms with Gasteiger partial charge in [-0.15, -0.1) is 0 Å². The number of halogens is 1. The van der Waals surface area contributed by atoms with E-state index < -0.39 is 0 Å². The van der Waals surface area contributed by atoms with Gasteiger partial charge in [0.15, 0.2) is 5.69 Å². The molecular weight excluding hydrogens is 337 g/mol. The van der Waals surface area contributed by atoms with Crippen LogP contribution in [0.4, 0.5) is 4.39 Å². The van der Waals surface area contributed by atoms with Crippen LogP contribution in [0.1, 0.15) is 35.4 Å². The lowest BCUT2D eigenvalue weighted by Crippen LogP contribution is -2.30. The fourth-order valence-corrected chi connectivity index (χ4v) is 2.97. The van der Waals surface area contributed by atoms with Crippen molar-refractivity contribution in [2.75, 3.05) is 26.8 Å². The average Bonchev–Trinajstić information content (AvgIpc) is 3.14. The van der Waals surface area contributed by atoms with Gasteiger partial charge in [0.2, 0.25) is 0 Å². The molecule has 140 valence electrons. The zero-order valence-corrected chi connectivity index (χ0v) is 14.9. The van der Waals surface area contributed by atoms with Crippen molar-refractivity contribution in [1.82, 2.24) is 15.1 Å². The Balaban J connectivity index is 1.48. The SMILES string of the molecule is CN(CCC1CCOCC1)C(=O)c1cc(COc2cccc(F)c2)[nH]n1. The third kappa shape index (κ3) is 5.05. The number of nitrogens with zero attached hydrogens (tertiary/aromatic N) is 2. The van der Waals surface area contributed by atoms with E-state index in [1.807, 2.05) is 0 Å². The van der Waals surface area contributed by atoms with Crippen LogP contribution in [-0.4, -0.2) is 47.8 Å². The van der Waals surface area contributed by atoms with Crippen LogP contribution in [0.15, 0.2) is 30.3 Å². The summed E-state index contributed by atoms with van der Waals surface area (Å²) in [7, 11) is 1.79. The number of aromatic nitrogens is 2. The maximum atomic E-state index is 13.1. The monoisotopic (exact) mass is 361 g/mol. The summed E-state index contributed by atoms with van der Waals surface area (Å²) < 4.78 is 24.0. The fraction of sp³-hybridized carbons (Fsp3) is 0.474. The van der Waals surface area contributed by atoms with Crippen LogP contribution in [0.5, 0.6) is 5.75 Å². The van der Waals surface area contributed by atoms with E-state index >= 15 is 0 Å². The highest BCUT2D eigenvalue weighted by Gasteiger charge is 2.19. The minimum atomic E-state index is -0.353. The van der Waals surface area contributed by atoms with Gasteiger partial charge in [-0.05, 0) is 43.4 Å². The van der Waals surface area contributed by atoms with Gasteiger partial charge in [-0.25, -0.2) is 4.39 Å². The molecule has 3 rings (SSSR count). The Morgan fingerprint density at radius 2 is 2.19 bits per heavy atom. The molecular formula is C19H24FN3O3. The van der Waals surface area contributed by atoms with Crippen molar-refractivity contribution >= 4 is 5.91 Å². The highest BCUT2D eigenvalue weighted by Crippen LogP contribution is 2.19. The molecule has 0 unspecified atom stereocenters. The number of carbonyl (C=O) groups excluding carboxylic acids is 1. The van der Waals surface area contributed by atoms with Gasteiger partial charge in [0, 0.05) is 32.9 Å². The second-order valence-electron chi connectivity index (χ2n) is 6.60. The predicted molar refractivity (Wildman–Crippen MR) is 94.4 cm³/mol. The predicted octanol–water partition coefficient (Wildman–Crippen LogP) is 3.02. The molecule has 6 nitrogen and oxygen atoms in total. The van der Waals surface area contributed by atoms with Crippen molar-refractivity contribution < 1.29 is 18.7 Å². The highest BCUT2D eigenvalue weighted by atomic mass is 19.1. The second kappa shape index (κ2) is 8.80. The minimum absolute atomic E-state index is 0.120. The number of ether oxygens (including phenoxy) is 2. The van der Waals surface area contributed by atoms with E-state index in [0.717, 1.165) is 32.5 Å². The number of nitrogens with one attached hydrogen (secondary N) is 1. The molecule has 0 saturated carbocycles. The van der Waals surface area contributed by atoms with Crippen LogP contribution in [0.2, 0.25) is 0 Å². The standard InChI is InChI=1S/C19H24FN3O3/c1-23(8-5-14-6-9-25-10-7-14)19(24)18-12-16(21-22-18)13-26-17-4-2-3-15(20)11-17/h2-4,11-12,14H,5-10,13H2,1H3,(H,21,22). The Labute approximate surface area is 152 Å². The van der Waals surface area contributed by atoms with Gasteiger partial charge in [-0.3, -0.25) is 9.89 Å². The molecule has 2 heterocycles. The summed E-state index contributed by atoms with van der Waals surface area (Å²) in [5, 5.41) is 6.87. The molecule has 0 bridgehead atoms.